The summed E-state index contributed by atoms with van der Waals surface area (Å²) in [4.78, 5) is 29.1. The van der Waals surface area contributed by atoms with Gasteiger partial charge in [-0.1, -0.05) is 18.2 Å². The lowest BCUT2D eigenvalue weighted by molar-refractivity contribution is -0.135. The molecule has 2 saturated heterocycles. The molecule has 1 aromatic rings. The molecule has 0 aliphatic carbocycles. The molecule has 2 atom stereocenters. The van der Waals surface area contributed by atoms with Crippen molar-refractivity contribution in [2.75, 3.05) is 33.4 Å². The van der Waals surface area contributed by atoms with Gasteiger partial charge >= 0.3 is 0 Å². The van der Waals surface area contributed by atoms with Gasteiger partial charge in [-0.05, 0) is 37.3 Å². The Balaban J connectivity index is 1.70. The highest BCUT2D eigenvalue weighted by molar-refractivity contribution is 5.94. The second-order valence-corrected chi connectivity index (χ2v) is 6.71. The van der Waals surface area contributed by atoms with Crippen LogP contribution in [0.2, 0.25) is 0 Å². The van der Waals surface area contributed by atoms with Crippen molar-refractivity contribution < 1.29 is 14.3 Å². The molecule has 5 heteroatoms. The zero-order valence-electron chi connectivity index (χ0n) is 14.3. The van der Waals surface area contributed by atoms with Gasteiger partial charge in [0.05, 0.1) is 6.61 Å². The first kappa shape index (κ1) is 17.0. The number of nitrogens with zero attached hydrogens (tertiary/aromatic N) is 2. The smallest absolute Gasteiger partial charge is 0.253 e. The first-order valence-corrected chi connectivity index (χ1v) is 8.83. The lowest BCUT2D eigenvalue weighted by atomic mass is 9.88. The van der Waals surface area contributed by atoms with Crippen molar-refractivity contribution in [2.24, 2.45) is 5.92 Å². The highest BCUT2D eigenvalue weighted by Gasteiger charge is 2.38. The van der Waals surface area contributed by atoms with E-state index >= 15 is 0 Å². The van der Waals surface area contributed by atoms with Crippen LogP contribution >= 0.6 is 0 Å². The summed E-state index contributed by atoms with van der Waals surface area (Å²) in [6.07, 6.45) is 3.40. The largest absolute Gasteiger partial charge is 0.383 e. The van der Waals surface area contributed by atoms with E-state index in [9.17, 15) is 9.59 Å². The molecular weight excluding hydrogens is 304 g/mol. The van der Waals surface area contributed by atoms with Gasteiger partial charge in [-0.25, -0.2) is 0 Å². The van der Waals surface area contributed by atoms with E-state index in [-0.39, 0.29) is 17.9 Å². The third kappa shape index (κ3) is 3.61. The van der Waals surface area contributed by atoms with Crippen molar-refractivity contribution in [3.63, 3.8) is 0 Å². The summed E-state index contributed by atoms with van der Waals surface area (Å²) in [5.74, 6) is 0.713. The van der Waals surface area contributed by atoms with Crippen LogP contribution in [0, 0.1) is 5.92 Å². The Hall–Kier alpha value is -1.88. The summed E-state index contributed by atoms with van der Waals surface area (Å²) < 4.78 is 5.17. The van der Waals surface area contributed by atoms with E-state index in [1.54, 1.807) is 7.11 Å². The summed E-state index contributed by atoms with van der Waals surface area (Å²) in [7, 11) is 1.67. The number of carbonyl (C=O) groups is 2. The molecule has 2 aliphatic rings. The molecule has 1 aromatic carbocycles. The van der Waals surface area contributed by atoms with E-state index in [1.807, 2.05) is 40.1 Å². The molecule has 0 saturated carbocycles. The highest BCUT2D eigenvalue weighted by Crippen LogP contribution is 2.31. The van der Waals surface area contributed by atoms with E-state index in [4.69, 9.17) is 4.74 Å². The van der Waals surface area contributed by atoms with Crippen LogP contribution in [-0.4, -0.2) is 61.0 Å². The van der Waals surface area contributed by atoms with Crippen LogP contribution in [0.25, 0.3) is 0 Å². The molecular formula is C19H26N2O3. The molecule has 0 aromatic heterocycles. The standard InChI is InChI=1S/C19H26N2O3/c1-24-13-12-21-17-10-11-20(14-16(17)8-5-9-18(21)22)19(23)15-6-3-2-4-7-15/h2-4,6-7,16-17H,5,8-14H2,1H3/t16-,17+/m0/s1. The van der Waals surface area contributed by atoms with Crippen molar-refractivity contribution in [3.8, 4) is 0 Å². The summed E-state index contributed by atoms with van der Waals surface area (Å²) in [5.41, 5.74) is 0.747. The minimum Gasteiger partial charge on any atom is -0.383 e. The van der Waals surface area contributed by atoms with E-state index < -0.39 is 0 Å². The Morgan fingerprint density at radius 1 is 1.25 bits per heavy atom. The van der Waals surface area contributed by atoms with Gasteiger partial charge < -0.3 is 14.5 Å². The average Bonchev–Trinajstić information content (AvgIpc) is 2.78. The maximum absolute atomic E-state index is 12.7. The number of methoxy groups -OCH3 is 1. The van der Waals surface area contributed by atoms with Crippen LogP contribution in [0.15, 0.2) is 30.3 Å². The highest BCUT2D eigenvalue weighted by atomic mass is 16.5. The Bertz CT molecular complexity index is 575. The molecule has 5 nitrogen and oxygen atoms in total. The van der Waals surface area contributed by atoms with Crippen molar-refractivity contribution in [3.05, 3.63) is 35.9 Å². The average molecular weight is 330 g/mol. The molecule has 130 valence electrons. The Morgan fingerprint density at radius 3 is 2.79 bits per heavy atom. The number of hydrogen-bond acceptors (Lipinski definition) is 3. The van der Waals surface area contributed by atoms with Gasteiger partial charge in [-0.3, -0.25) is 9.59 Å². The molecule has 2 aliphatic heterocycles. The van der Waals surface area contributed by atoms with E-state index in [0.717, 1.165) is 31.4 Å². The van der Waals surface area contributed by atoms with Crippen LogP contribution in [0.1, 0.15) is 36.0 Å². The molecule has 0 bridgehead atoms. The molecule has 2 fully saturated rings. The number of rotatable bonds is 4. The molecule has 24 heavy (non-hydrogen) atoms. The predicted octanol–water partition coefficient (Wildman–Crippen LogP) is 2.18. The zero-order chi connectivity index (χ0) is 16.9. The minimum atomic E-state index is 0.105. The minimum absolute atomic E-state index is 0.105. The molecule has 0 radical (unpaired) electrons. The topological polar surface area (TPSA) is 49.9 Å². The van der Waals surface area contributed by atoms with Gasteiger partial charge in [-0.2, -0.15) is 0 Å². The maximum Gasteiger partial charge on any atom is 0.253 e. The number of amides is 2. The number of carbonyl (C=O) groups excluding carboxylic acids is 2. The lowest BCUT2D eigenvalue weighted by Gasteiger charge is -2.42. The summed E-state index contributed by atoms with van der Waals surface area (Å²) >= 11 is 0. The van der Waals surface area contributed by atoms with Crippen LogP contribution in [-0.2, 0) is 9.53 Å². The van der Waals surface area contributed by atoms with Gasteiger partial charge in [0.25, 0.3) is 5.91 Å². The predicted molar refractivity (Wildman–Crippen MR) is 91.7 cm³/mol. The third-order valence-corrected chi connectivity index (χ3v) is 5.22. The molecule has 3 rings (SSSR count). The monoisotopic (exact) mass is 330 g/mol. The summed E-state index contributed by atoms with van der Waals surface area (Å²) in [5, 5.41) is 0. The molecule has 0 unspecified atom stereocenters. The second kappa shape index (κ2) is 7.79. The number of likely N-dealkylation sites (tertiary alicyclic amines) is 2. The molecule has 0 N–H and O–H groups in total. The summed E-state index contributed by atoms with van der Waals surface area (Å²) in [6.45, 7) is 2.69. The Morgan fingerprint density at radius 2 is 2.04 bits per heavy atom. The fourth-order valence-electron chi connectivity index (χ4n) is 3.99. The van der Waals surface area contributed by atoms with Gasteiger partial charge in [0.1, 0.15) is 0 Å². The zero-order valence-corrected chi connectivity index (χ0v) is 14.3. The van der Waals surface area contributed by atoms with Crippen LogP contribution < -0.4 is 0 Å². The Kier molecular flexibility index (Phi) is 5.51. The normalized spacial score (nSPS) is 24.5. The number of hydrogen-bond donors (Lipinski definition) is 0. The fourth-order valence-corrected chi connectivity index (χ4v) is 3.99. The first-order chi connectivity index (χ1) is 11.7. The fraction of sp³-hybridized carbons (Fsp3) is 0.579. The van der Waals surface area contributed by atoms with Crippen molar-refractivity contribution >= 4 is 11.8 Å². The van der Waals surface area contributed by atoms with Crippen LogP contribution in [0.3, 0.4) is 0 Å². The number of piperidine rings is 1. The molecule has 2 amide bonds. The second-order valence-electron chi connectivity index (χ2n) is 6.71. The first-order valence-electron chi connectivity index (χ1n) is 8.83. The third-order valence-electron chi connectivity index (χ3n) is 5.22. The van der Waals surface area contributed by atoms with Crippen molar-refractivity contribution in [2.45, 2.75) is 31.7 Å². The van der Waals surface area contributed by atoms with Crippen LogP contribution in [0.4, 0.5) is 0 Å². The number of ether oxygens (including phenoxy) is 1. The van der Waals surface area contributed by atoms with E-state index in [0.29, 0.717) is 32.0 Å². The molecule has 2 heterocycles. The van der Waals surface area contributed by atoms with Gasteiger partial charge in [0, 0.05) is 44.8 Å². The summed E-state index contributed by atoms with van der Waals surface area (Å²) in [6, 6.07) is 9.71. The van der Waals surface area contributed by atoms with Gasteiger partial charge in [-0.15, -0.1) is 0 Å². The van der Waals surface area contributed by atoms with E-state index in [1.165, 1.54) is 0 Å². The SMILES string of the molecule is COCCN1C(=O)CCC[C@H]2CN(C(=O)c3ccccc3)CC[C@H]21. The maximum atomic E-state index is 12.7. The van der Waals surface area contributed by atoms with Crippen molar-refractivity contribution in [1.82, 2.24) is 9.80 Å². The van der Waals surface area contributed by atoms with Crippen LogP contribution in [0.5, 0.6) is 0 Å². The number of fused-ring (bicyclic) bond motifs is 1. The van der Waals surface area contributed by atoms with Gasteiger partial charge in [0.2, 0.25) is 5.91 Å². The number of benzene rings is 1. The molecule has 0 spiro atoms. The van der Waals surface area contributed by atoms with E-state index in [2.05, 4.69) is 0 Å². The Labute approximate surface area is 143 Å². The quantitative estimate of drug-likeness (QED) is 0.850. The lowest BCUT2D eigenvalue weighted by Crippen LogP contribution is -2.53. The van der Waals surface area contributed by atoms with Crippen molar-refractivity contribution in [1.29, 1.82) is 0 Å². The van der Waals surface area contributed by atoms with Gasteiger partial charge in [0.15, 0.2) is 0 Å².